The van der Waals surface area contributed by atoms with E-state index in [4.69, 9.17) is 9.47 Å². The number of aliphatic carboxylic acids is 1. The van der Waals surface area contributed by atoms with Gasteiger partial charge in [0.05, 0.1) is 51.2 Å². The Kier molecular flexibility index (Phi) is 9.30. The highest BCUT2D eigenvalue weighted by Crippen LogP contribution is 2.76. The Labute approximate surface area is 370 Å². The molecule has 3 aromatic carbocycles. The number of esters is 2. The second-order valence-electron chi connectivity index (χ2n) is 20.9. The van der Waals surface area contributed by atoms with Crippen LogP contribution in [0.1, 0.15) is 107 Å². The third-order valence-electron chi connectivity index (χ3n) is 18.5. The fourth-order valence-electron chi connectivity index (χ4n) is 14.9. The highest BCUT2D eigenvalue weighted by atomic mass is 16.6. The van der Waals surface area contributed by atoms with Crippen LogP contribution in [0.2, 0.25) is 0 Å². The largest absolute Gasteiger partial charge is 0.505 e. The van der Waals surface area contributed by atoms with Crippen LogP contribution in [0.25, 0.3) is 33.2 Å². The molecule has 0 spiro atoms. The van der Waals surface area contributed by atoms with Crippen LogP contribution in [-0.4, -0.2) is 89.0 Å². The number of aliphatic hydroxyl groups excluding tert-OH is 2. The van der Waals surface area contributed by atoms with Crippen molar-refractivity contribution in [1.29, 1.82) is 0 Å². The number of carbonyl (C=O) groups excluding carboxylic acids is 2. The molecule has 4 fully saturated rings. The van der Waals surface area contributed by atoms with Crippen LogP contribution in [0.4, 0.5) is 0 Å². The minimum atomic E-state index is -1.58. The standard InChI is InChI=1S/C50H56N2O12/c1-23-12-15-49(45(61)62)17-16-47(4)27(37(49)24(23)2)10-11-33-46(3)20-32(55)42-50(21-53,34(46)13-14-48(33,47)5)22-63-43(59)26-19-31(54)39(56)41(58)36(26)35-25(44(60)64-42)18-30-38(40(35)57)52-29-9-7-6-8-28(29)51-30/h6-10,18-19,23-24,32-34,37,42,53-58H,11-17,20-22H2,1-5H3,(H,61,62)/t23-,24+,32-,33-,34-,37+,42+,46-,47-,48-,49+,50-/m1/s1. The number of carboxylic acids is 1. The zero-order chi connectivity index (χ0) is 45.6. The third-order valence-corrected chi connectivity index (χ3v) is 18.5. The van der Waals surface area contributed by atoms with Crippen molar-refractivity contribution >= 4 is 40.0 Å². The Morgan fingerprint density at radius 2 is 1.52 bits per heavy atom. The number of hydrogen-bond donors (Lipinski definition) is 7. The molecule has 12 atom stereocenters. The van der Waals surface area contributed by atoms with Gasteiger partial charge in [-0.05, 0) is 121 Å². The second-order valence-corrected chi connectivity index (χ2v) is 20.9. The van der Waals surface area contributed by atoms with Gasteiger partial charge in [0, 0.05) is 11.1 Å². The van der Waals surface area contributed by atoms with Crippen molar-refractivity contribution in [2.24, 2.45) is 56.7 Å². The van der Waals surface area contributed by atoms with Crippen molar-refractivity contribution in [3.8, 4) is 34.1 Å². The minimum Gasteiger partial charge on any atom is -0.505 e. The van der Waals surface area contributed by atoms with Gasteiger partial charge in [-0.25, -0.2) is 19.6 Å². The first-order valence-corrected chi connectivity index (χ1v) is 22.6. The maximum absolute atomic E-state index is 14.9. The van der Waals surface area contributed by atoms with Gasteiger partial charge in [0.1, 0.15) is 18.2 Å². The number of carboxylic acid groups (broad SMARTS) is 1. The van der Waals surface area contributed by atoms with Gasteiger partial charge < -0.3 is 45.2 Å². The van der Waals surface area contributed by atoms with E-state index in [0.29, 0.717) is 55.5 Å². The minimum absolute atomic E-state index is 0.0590. The fraction of sp³-hybridized carbons (Fsp3) is 0.540. The number of aromatic nitrogens is 2. The van der Waals surface area contributed by atoms with Crippen molar-refractivity contribution in [2.45, 2.75) is 98.2 Å². The van der Waals surface area contributed by atoms with Crippen molar-refractivity contribution in [1.82, 2.24) is 9.97 Å². The van der Waals surface area contributed by atoms with Crippen LogP contribution >= 0.6 is 0 Å². The van der Waals surface area contributed by atoms with Crippen LogP contribution in [0.5, 0.6) is 23.0 Å². The quantitative estimate of drug-likeness (QED) is 0.0444. The molecule has 338 valence electrons. The first kappa shape index (κ1) is 42.5. The van der Waals surface area contributed by atoms with Gasteiger partial charge in [0.2, 0.25) is 5.75 Å². The summed E-state index contributed by atoms with van der Waals surface area (Å²) in [6.07, 6.45) is 4.16. The van der Waals surface area contributed by atoms with E-state index >= 15 is 0 Å². The molecule has 2 heterocycles. The van der Waals surface area contributed by atoms with E-state index in [1.54, 1.807) is 24.3 Å². The van der Waals surface area contributed by atoms with Gasteiger partial charge in [-0.15, -0.1) is 0 Å². The molecule has 0 bridgehead atoms. The number of aromatic hydroxyl groups is 4. The van der Waals surface area contributed by atoms with Crippen molar-refractivity contribution < 1.29 is 59.6 Å². The number of benzene rings is 3. The molecule has 14 heteroatoms. The van der Waals surface area contributed by atoms with Crippen molar-refractivity contribution in [3.63, 3.8) is 0 Å². The average molecular weight is 877 g/mol. The number of carbonyl (C=O) groups is 3. The second kappa shape index (κ2) is 14.0. The summed E-state index contributed by atoms with van der Waals surface area (Å²) < 4.78 is 12.5. The van der Waals surface area contributed by atoms with Gasteiger partial charge in [-0.1, -0.05) is 58.4 Å². The number of allylic oxidation sites excluding steroid dienone is 2. The molecule has 6 aliphatic rings. The first-order valence-electron chi connectivity index (χ1n) is 22.6. The van der Waals surface area contributed by atoms with Crippen LogP contribution in [0.15, 0.2) is 48.0 Å². The summed E-state index contributed by atoms with van der Waals surface area (Å²) in [5.41, 5.74) is -3.76. The van der Waals surface area contributed by atoms with E-state index in [0.717, 1.165) is 12.5 Å². The number of nitrogens with zero attached hydrogens (tertiary/aromatic N) is 2. The maximum atomic E-state index is 14.9. The topological polar surface area (TPSA) is 237 Å². The SMILES string of the molecule is C[C@H]1[C@H](C)CC[C@]2(C(=O)O)CC[C@]3(C)C(=CC[C@@H]4[C@@]5(C)C[C@@H](O)[C@@H]6OC(=O)c7cc8nc9ccccc9nc8c(O)c7-c7c(cc(O)c(O)c7O)C(=O)OC[C@]6(CO)[C@@H]5CC[C@]43C)[C@H]12. The summed E-state index contributed by atoms with van der Waals surface area (Å²) in [6.45, 7) is 9.95. The molecule has 7 N–H and O–H groups in total. The lowest BCUT2D eigenvalue weighted by Crippen LogP contribution is -2.70. The molecule has 1 aliphatic heterocycles. The van der Waals surface area contributed by atoms with Gasteiger partial charge >= 0.3 is 17.9 Å². The first-order chi connectivity index (χ1) is 30.3. The molecular weight excluding hydrogens is 821 g/mol. The van der Waals surface area contributed by atoms with Gasteiger partial charge in [0.25, 0.3) is 0 Å². The van der Waals surface area contributed by atoms with Gasteiger partial charge in [0.15, 0.2) is 17.2 Å². The lowest BCUT2D eigenvalue weighted by Gasteiger charge is -2.71. The molecule has 10 rings (SSSR count). The molecule has 14 nitrogen and oxygen atoms in total. The van der Waals surface area contributed by atoms with Gasteiger partial charge in [-0.3, -0.25) is 4.79 Å². The monoisotopic (exact) mass is 876 g/mol. The predicted molar refractivity (Wildman–Crippen MR) is 232 cm³/mol. The lowest BCUT2D eigenvalue weighted by molar-refractivity contribution is -0.256. The smallest absolute Gasteiger partial charge is 0.339 e. The number of rotatable bonds is 2. The summed E-state index contributed by atoms with van der Waals surface area (Å²) in [7, 11) is 0. The van der Waals surface area contributed by atoms with Crippen LogP contribution in [-0.2, 0) is 14.3 Å². The molecule has 0 radical (unpaired) electrons. The molecule has 0 saturated heterocycles. The molecule has 4 saturated carbocycles. The summed E-state index contributed by atoms with van der Waals surface area (Å²) in [5.74, 6) is -6.70. The number of phenols is 4. The van der Waals surface area contributed by atoms with Crippen molar-refractivity contribution in [3.05, 3.63) is 59.2 Å². The maximum Gasteiger partial charge on any atom is 0.339 e. The number of fused-ring (bicyclic) bond motifs is 14. The third kappa shape index (κ3) is 5.35. The molecule has 0 unspecified atom stereocenters. The van der Waals surface area contributed by atoms with Gasteiger partial charge in [-0.2, -0.15) is 0 Å². The number of ether oxygens (including phenoxy) is 2. The molecule has 0 amide bonds. The Morgan fingerprint density at radius 1 is 0.828 bits per heavy atom. The zero-order valence-electron chi connectivity index (χ0n) is 36.7. The van der Waals surface area contributed by atoms with E-state index in [-0.39, 0.29) is 46.0 Å². The molecule has 5 aliphatic carbocycles. The Balaban J connectivity index is 1.12. The summed E-state index contributed by atoms with van der Waals surface area (Å²) in [4.78, 5) is 51.9. The Hall–Kier alpha value is -5.47. The predicted octanol–water partition coefficient (Wildman–Crippen LogP) is 7.63. The summed E-state index contributed by atoms with van der Waals surface area (Å²) in [6, 6.07) is 8.99. The molecule has 4 aromatic rings. The molecular formula is C50H56N2O12. The van der Waals surface area contributed by atoms with E-state index in [2.05, 4.69) is 50.7 Å². The molecule has 64 heavy (non-hydrogen) atoms. The van der Waals surface area contributed by atoms with E-state index < -0.39 is 111 Å². The number of phenolic OH excluding ortho intramolecular Hbond substituents is 4. The summed E-state index contributed by atoms with van der Waals surface area (Å²) >= 11 is 0. The normalized spacial score (nSPS) is 38.0. The Bertz CT molecular complexity index is 2740. The number of cyclic esters (lactones) is 1. The number of hydrogen-bond acceptors (Lipinski definition) is 13. The van der Waals surface area contributed by atoms with Crippen LogP contribution in [0, 0.1) is 56.7 Å². The highest BCUT2D eigenvalue weighted by Gasteiger charge is 2.72. The Morgan fingerprint density at radius 3 is 2.22 bits per heavy atom. The van der Waals surface area contributed by atoms with E-state index in [1.807, 2.05) is 0 Å². The van der Waals surface area contributed by atoms with Crippen molar-refractivity contribution in [2.75, 3.05) is 13.2 Å². The number of aliphatic hydroxyl groups is 2. The van der Waals surface area contributed by atoms with E-state index in [9.17, 15) is 50.1 Å². The average Bonchev–Trinajstić information content (AvgIpc) is 3.27. The molecule has 1 aromatic heterocycles. The summed E-state index contributed by atoms with van der Waals surface area (Å²) in [5, 5.41) is 80.3. The van der Waals surface area contributed by atoms with E-state index in [1.165, 1.54) is 11.6 Å². The van der Waals surface area contributed by atoms with Crippen LogP contribution < -0.4 is 0 Å². The zero-order valence-corrected chi connectivity index (χ0v) is 36.7. The fourth-order valence-corrected chi connectivity index (χ4v) is 14.9. The highest BCUT2D eigenvalue weighted by molar-refractivity contribution is 6.11. The van der Waals surface area contributed by atoms with Crippen LogP contribution in [0.3, 0.4) is 0 Å². The number of para-hydroxylation sites is 2. The lowest BCUT2D eigenvalue weighted by atomic mass is 9.33.